The van der Waals surface area contributed by atoms with E-state index in [9.17, 15) is 0 Å². The standard InChI is InChI=1S/C12H19N3/c1-2-5-15(9-10-3-4-10)12-6-11(13)7-14-8-12/h6-8,10H,2-5,9,13H2,1H3. The number of nitrogens with zero attached hydrogens (tertiary/aromatic N) is 2. The molecule has 1 fully saturated rings. The summed E-state index contributed by atoms with van der Waals surface area (Å²) in [5.41, 5.74) is 7.67. The van der Waals surface area contributed by atoms with E-state index in [0.29, 0.717) is 0 Å². The Morgan fingerprint density at radius 2 is 2.27 bits per heavy atom. The van der Waals surface area contributed by atoms with Crippen LogP contribution in [0.5, 0.6) is 0 Å². The van der Waals surface area contributed by atoms with Gasteiger partial charge >= 0.3 is 0 Å². The van der Waals surface area contributed by atoms with Gasteiger partial charge in [-0.1, -0.05) is 6.92 Å². The third-order valence-electron chi connectivity index (χ3n) is 2.78. The molecular weight excluding hydrogens is 186 g/mol. The molecule has 0 saturated heterocycles. The van der Waals surface area contributed by atoms with Crippen LogP contribution in [0.25, 0.3) is 0 Å². The predicted octanol–water partition coefficient (Wildman–Crippen LogP) is 2.29. The van der Waals surface area contributed by atoms with Crippen LogP contribution in [0.4, 0.5) is 11.4 Å². The van der Waals surface area contributed by atoms with Gasteiger partial charge in [0.05, 0.1) is 17.6 Å². The third kappa shape index (κ3) is 2.85. The number of pyridine rings is 1. The molecule has 3 nitrogen and oxygen atoms in total. The minimum Gasteiger partial charge on any atom is -0.397 e. The van der Waals surface area contributed by atoms with Gasteiger partial charge in [0, 0.05) is 19.3 Å². The molecule has 15 heavy (non-hydrogen) atoms. The number of anilines is 2. The molecule has 82 valence electrons. The Bertz CT molecular complexity index is 320. The fourth-order valence-electron chi connectivity index (χ4n) is 1.83. The first-order chi connectivity index (χ1) is 7.29. The maximum absolute atomic E-state index is 5.75. The lowest BCUT2D eigenvalue weighted by Gasteiger charge is -2.24. The van der Waals surface area contributed by atoms with Crippen molar-refractivity contribution in [1.29, 1.82) is 0 Å². The molecule has 1 heterocycles. The number of hydrogen-bond donors (Lipinski definition) is 1. The normalized spacial score (nSPS) is 15.3. The SMILES string of the molecule is CCCN(CC1CC1)c1cncc(N)c1. The lowest BCUT2D eigenvalue weighted by molar-refractivity contribution is 0.707. The summed E-state index contributed by atoms with van der Waals surface area (Å²) < 4.78 is 0. The smallest absolute Gasteiger partial charge is 0.0573 e. The Morgan fingerprint density at radius 3 is 2.87 bits per heavy atom. The van der Waals surface area contributed by atoms with Crippen LogP contribution < -0.4 is 10.6 Å². The van der Waals surface area contributed by atoms with E-state index in [-0.39, 0.29) is 0 Å². The van der Waals surface area contributed by atoms with Crippen LogP contribution in [0.2, 0.25) is 0 Å². The first kappa shape index (κ1) is 10.3. The molecule has 0 unspecified atom stereocenters. The Kier molecular flexibility index (Phi) is 3.09. The van der Waals surface area contributed by atoms with Crippen molar-refractivity contribution < 1.29 is 0 Å². The molecule has 2 rings (SSSR count). The molecule has 3 heteroatoms. The van der Waals surface area contributed by atoms with Gasteiger partial charge in [-0.25, -0.2) is 0 Å². The van der Waals surface area contributed by atoms with Crippen molar-refractivity contribution in [2.24, 2.45) is 5.92 Å². The summed E-state index contributed by atoms with van der Waals surface area (Å²) in [4.78, 5) is 6.55. The molecule has 0 atom stereocenters. The van der Waals surface area contributed by atoms with Gasteiger partial charge in [0.2, 0.25) is 0 Å². The van der Waals surface area contributed by atoms with Crippen molar-refractivity contribution in [2.75, 3.05) is 23.7 Å². The van der Waals surface area contributed by atoms with E-state index in [1.54, 1.807) is 6.20 Å². The van der Waals surface area contributed by atoms with Crippen molar-refractivity contribution >= 4 is 11.4 Å². The molecule has 0 spiro atoms. The maximum atomic E-state index is 5.75. The van der Waals surface area contributed by atoms with Crippen LogP contribution in [0.15, 0.2) is 18.5 Å². The number of nitrogen functional groups attached to an aromatic ring is 1. The lowest BCUT2D eigenvalue weighted by atomic mass is 10.2. The second-order valence-corrected chi connectivity index (χ2v) is 4.37. The van der Waals surface area contributed by atoms with Crippen molar-refractivity contribution in [1.82, 2.24) is 4.98 Å². The molecule has 1 aliphatic carbocycles. The second-order valence-electron chi connectivity index (χ2n) is 4.37. The van der Waals surface area contributed by atoms with Gasteiger partial charge in [-0.2, -0.15) is 0 Å². The molecule has 2 N–H and O–H groups in total. The van der Waals surface area contributed by atoms with Crippen LogP contribution in [0.3, 0.4) is 0 Å². The van der Waals surface area contributed by atoms with Crippen LogP contribution in [0.1, 0.15) is 26.2 Å². The number of aromatic nitrogens is 1. The summed E-state index contributed by atoms with van der Waals surface area (Å²) in [6.07, 6.45) is 7.55. The molecule has 0 aromatic carbocycles. The van der Waals surface area contributed by atoms with E-state index >= 15 is 0 Å². The van der Waals surface area contributed by atoms with Gasteiger partial charge in [-0.3, -0.25) is 4.98 Å². The van der Waals surface area contributed by atoms with Gasteiger partial charge in [-0.05, 0) is 31.2 Å². The molecule has 0 amide bonds. The van der Waals surface area contributed by atoms with Gasteiger partial charge < -0.3 is 10.6 Å². The van der Waals surface area contributed by atoms with E-state index in [1.807, 2.05) is 12.3 Å². The second kappa shape index (κ2) is 4.51. The molecule has 0 radical (unpaired) electrons. The molecule has 1 aromatic rings. The zero-order chi connectivity index (χ0) is 10.7. The molecule has 1 aromatic heterocycles. The highest BCUT2D eigenvalue weighted by Gasteiger charge is 2.24. The lowest BCUT2D eigenvalue weighted by Crippen LogP contribution is -2.26. The third-order valence-corrected chi connectivity index (χ3v) is 2.78. The Morgan fingerprint density at radius 1 is 1.47 bits per heavy atom. The average Bonchev–Trinajstić information content (AvgIpc) is 3.01. The van der Waals surface area contributed by atoms with E-state index in [0.717, 1.165) is 18.2 Å². The Labute approximate surface area is 91.3 Å². The van der Waals surface area contributed by atoms with Crippen molar-refractivity contribution in [3.05, 3.63) is 18.5 Å². The highest BCUT2D eigenvalue weighted by molar-refractivity contribution is 5.53. The van der Waals surface area contributed by atoms with Crippen LogP contribution >= 0.6 is 0 Å². The molecule has 1 saturated carbocycles. The molecule has 0 bridgehead atoms. The van der Waals surface area contributed by atoms with Gasteiger partial charge in [0.1, 0.15) is 0 Å². The van der Waals surface area contributed by atoms with Crippen molar-refractivity contribution in [3.63, 3.8) is 0 Å². The van der Waals surface area contributed by atoms with Gasteiger partial charge in [0.15, 0.2) is 0 Å². The van der Waals surface area contributed by atoms with E-state index < -0.39 is 0 Å². The first-order valence-corrected chi connectivity index (χ1v) is 5.75. The fraction of sp³-hybridized carbons (Fsp3) is 0.583. The van der Waals surface area contributed by atoms with Gasteiger partial charge in [0.25, 0.3) is 0 Å². The number of hydrogen-bond acceptors (Lipinski definition) is 3. The average molecular weight is 205 g/mol. The van der Waals surface area contributed by atoms with Crippen molar-refractivity contribution in [2.45, 2.75) is 26.2 Å². The van der Waals surface area contributed by atoms with E-state index in [1.165, 1.54) is 31.5 Å². The first-order valence-electron chi connectivity index (χ1n) is 5.75. The van der Waals surface area contributed by atoms with Gasteiger partial charge in [-0.15, -0.1) is 0 Å². The molecule has 0 aliphatic heterocycles. The predicted molar refractivity (Wildman–Crippen MR) is 63.9 cm³/mol. The number of rotatable bonds is 5. The fourth-order valence-corrected chi connectivity index (χ4v) is 1.83. The Balaban J connectivity index is 2.07. The summed E-state index contributed by atoms with van der Waals surface area (Å²) in [5.74, 6) is 0.901. The summed E-state index contributed by atoms with van der Waals surface area (Å²) in [5, 5.41) is 0. The monoisotopic (exact) mass is 205 g/mol. The van der Waals surface area contributed by atoms with E-state index in [2.05, 4.69) is 16.8 Å². The molecular formula is C12H19N3. The summed E-state index contributed by atoms with van der Waals surface area (Å²) in [7, 11) is 0. The zero-order valence-corrected chi connectivity index (χ0v) is 9.32. The zero-order valence-electron chi connectivity index (χ0n) is 9.32. The minimum absolute atomic E-state index is 0.754. The topological polar surface area (TPSA) is 42.2 Å². The minimum atomic E-state index is 0.754. The van der Waals surface area contributed by atoms with Crippen molar-refractivity contribution in [3.8, 4) is 0 Å². The van der Waals surface area contributed by atoms with Crippen LogP contribution in [0, 0.1) is 5.92 Å². The Hall–Kier alpha value is -1.25. The highest BCUT2D eigenvalue weighted by Crippen LogP contribution is 2.31. The summed E-state index contributed by atoms with van der Waals surface area (Å²) in [6, 6.07) is 2.02. The number of nitrogens with two attached hydrogens (primary N) is 1. The quantitative estimate of drug-likeness (QED) is 0.802. The summed E-state index contributed by atoms with van der Waals surface area (Å²) in [6.45, 7) is 4.47. The van der Waals surface area contributed by atoms with E-state index in [4.69, 9.17) is 5.73 Å². The maximum Gasteiger partial charge on any atom is 0.0573 e. The molecule has 1 aliphatic rings. The van der Waals surface area contributed by atoms with Crippen LogP contribution in [-0.2, 0) is 0 Å². The largest absolute Gasteiger partial charge is 0.397 e. The summed E-state index contributed by atoms with van der Waals surface area (Å²) >= 11 is 0. The highest BCUT2D eigenvalue weighted by atomic mass is 15.1. The van der Waals surface area contributed by atoms with Crippen LogP contribution in [-0.4, -0.2) is 18.1 Å².